The molecule has 0 aliphatic carbocycles. The molecule has 0 saturated heterocycles. The zero-order chi connectivity index (χ0) is 43.5. The standard InChI is InChI=1S/C55H94O5/c1-4-7-10-13-16-19-22-25-27-28-29-31-33-36-39-42-45-48-54(56)59-52-53(51-58-50-47-44-41-38-35-32-26-23-20-17-14-11-8-5-2)60-55(57)49-46-43-40-37-34-30-24-21-18-15-12-9-6-3/h9,12,16,18-21,23,25,27,30,34,40,43,53H,4-8,10-11,13-15,17,22,24,26,28-29,31-33,35-39,41-42,44-52H2,1-3H3/b12-9-,19-16-,21-18-,23-20-,27-25-,34-30-,43-40-. The van der Waals surface area contributed by atoms with Gasteiger partial charge in [0.2, 0.25) is 0 Å². The van der Waals surface area contributed by atoms with Gasteiger partial charge in [0, 0.05) is 19.4 Å². The number of carbonyl (C=O) groups excluding carboxylic acids is 2. The van der Waals surface area contributed by atoms with Gasteiger partial charge in [0.1, 0.15) is 6.61 Å². The summed E-state index contributed by atoms with van der Waals surface area (Å²) < 4.78 is 17.3. The SMILES string of the molecule is CC/C=C\C/C=C\C/C=C\C/C=C\CCC(=O)OC(COCCCCCCCC/C=C\CCCCCC)COC(=O)CCCCCCCCC/C=C\C/C=C\CCCCC. The zero-order valence-electron chi connectivity index (χ0n) is 39.5. The monoisotopic (exact) mass is 835 g/mol. The van der Waals surface area contributed by atoms with Gasteiger partial charge >= 0.3 is 11.9 Å². The van der Waals surface area contributed by atoms with E-state index < -0.39 is 6.10 Å². The van der Waals surface area contributed by atoms with Crippen LogP contribution in [0.1, 0.15) is 226 Å². The third kappa shape index (κ3) is 47.8. The van der Waals surface area contributed by atoms with Crippen LogP contribution in [0.5, 0.6) is 0 Å². The molecular weight excluding hydrogens is 741 g/mol. The first kappa shape index (κ1) is 57.1. The van der Waals surface area contributed by atoms with Crippen LogP contribution >= 0.6 is 0 Å². The summed E-state index contributed by atoms with van der Waals surface area (Å²) in [6.45, 7) is 7.58. The number of unbranched alkanes of at least 4 members (excludes halogenated alkanes) is 20. The molecule has 1 unspecified atom stereocenters. The first-order valence-corrected chi connectivity index (χ1v) is 25.1. The smallest absolute Gasteiger partial charge is 0.306 e. The van der Waals surface area contributed by atoms with Crippen molar-refractivity contribution in [3.8, 4) is 0 Å². The van der Waals surface area contributed by atoms with E-state index in [1.54, 1.807) is 0 Å². The molecule has 0 fully saturated rings. The van der Waals surface area contributed by atoms with Crippen molar-refractivity contribution in [2.75, 3.05) is 19.8 Å². The number of rotatable bonds is 45. The molecule has 0 bridgehead atoms. The molecule has 0 rings (SSSR count). The van der Waals surface area contributed by atoms with Crippen LogP contribution in [0, 0.1) is 0 Å². The Hall–Kier alpha value is -2.92. The molecule has 0 N–H and O–H groups in total. The van der Waals surface area contributed by atoms with Crippen LogP contribution in [0.2, 0.25) is 0 Å². The summed E-state index contributed by atoms with van der Waals surface area (Å²) in [5.74, 6) is -0.504. The van der Waals surface area contributed by atoms with E-state index in [1.165, 1.54) is 122 Å². The van der Waals surface area contributed by atoms with E-state index in [2.05, 4.69) is 99.8 Å². The third-order valence-corrected chi connectivity index (χ3v) is 10.4. The van der Waals surface area contributed by atoms with E-state index >= 15 is 0 Å². The molecule has 0 aromatic carbocycles. The molecule has 5 nitrogen and oxygen atoms in total. The predicted molar refractivity (Wildman–Crippen MR) is 260 cm³/mol. The van der Waals surface area contributed by atoms with E-state index in [1.807, 2.05) is 6.08 Å². The minimum absolute atomic E-state index is 0.0470. The highest BCUT2D eigenvalue weighted by molar-refractivity contribution is 5.70. The van der Waals surface area contributed by atoms with E-state index in [0.717, 1.165) is 64.2 Å². The topological polar surface area (TPSA) is 61.8 Å². The van der Waals surface area contributed by atoms with Crippen LogP contribution in [0.3, 0.4) is 0 Å². The first-order valence-electron chi connectivity index (χ1n) is 25.1. The molecule has 0 aliphatic heterocycles. The second kappa shape index (κ2) is 50.4. The third-order valence-electron chi connectivity index (χ3n) is 10.4. The quantitative estimate of drug-likeness (QED) is 0.0347. The Morgan fingerprint density at radius 1 is 0.383 bits per heavy atom. The van der Waals surface area contributed by atoms with Crippen LogP contribution in [-0.2, 0) is 23.8 Å². The largest absolute Gasteiger partial charge is 0.462 e. The maximum Gasteiger partial charge on any atom is 0.306 e. The predicted octanol–water partition coefficient (Wildman–Crippen LogP) is 16.9. The summed E-state index contributed by atoms with van der Waals surface area (Å²) in [5, 5.41) is 0. The van der Waals surface area contributed by atoms with Crippen molar-refractivity contribution >= 4 is 11.9 Å². The van der Waals surface area contributed by atoms with Crippen LogP contribution in [0.15, 0.2) is 85.1 Å². The van der Waals surface area contributed by atoms with Crippen molar-refractivity contribution < 1.29 is 23.8 Å². The van der Waals surface area contributed by atoms with Crippen molar-refractivity contribution in [2.45, 2.75) is 232 Å². The Bertz CT molecular complexity index is 1130. The highest BCUT2D eigenvalue weighted by atomic mass is 16.6. The second-order valence-electron chi connectivity index (χ2n) is 16.3. The van der Waals surface area contributed by atoms with Crippen molar-refractivity contribution in [2.24, 2.45) is 0 Å². The molecule has 5 heteroatoms. The Morgan fingerprint density at radius 3 is 1.32 bits per heavy atom. The summed E-state index contributed by atoms with van der Waals surface area (Å²) >= 11 is 0. The van der Waals surface area contributed by atoms with Gasteiger partial charge in [0.15, 0.2) is 6.10 Å². The molecule has 0 amide bonds. The van der Waals surface area contributed by atoms with Gasteiger partial charge < -0.3 is 14.2 Å². The van der Waals surface area contributed by atoms with E-state index in [4.69, 9.17) is 14.2 Å². The number of carbonyl (C=O) groups is 2. The lowest BCUT2D eigenvalue weighted by Gasteiger charge is -2.18. The minimum Gasteiger partial charge on any atom is -0.462 e. The van der Waals surface area contributed by atoms with Gasteiger partial charge in [-0.15, -0.1) is 0 Å². The van der Waals surface area contributed by atoms with Crippen LogP contribution in [0.4, 0.5) is 0 Å². The molecular formula is C55H94O5. The second-order valence-corrected chi connectivity index (χ2v) is 16.3. The maximum atomic E-state index is 12.7. The number of hydrogen-bond acceptors (Lipinski definition) is 5. The number of ether oxygens (including phenoxy) is 3. The Morgan fingerprint density at radius 2 is 0.783 bits per heavy atom. The van der Waals surface area contributed by atoms with Gasteiger partial charge in [-0.2, -0.15) is 0 Å². The fourth-order valence-electron chi connectivity index (χ4n) is 6.66. The summed E-state index contributed by atoms with van der Waals surface area (Å²) in [6.07, 6.45) is 66.0. The molecule has 0 heterocycles. The average Bonchev–Trinajstić information content (AvgIpc) is 3.25. The molecule has 0 aromatic rings. The lowest BCUT2D eigenvalue weighted by molar-refractivity contribution is -0.162. The molecule has 0 saturated carbocycles. The number of allylic oxidation sites excluding steroid dienone is 14. The molecule has 1 atom stereocenters. The molecule has 0 spiro atoms. The van der Waals surface area contributed by atoms with E-state index in [0.29, 0.717) is 25.9 Å². The normalized spacial score (nSPS) is 12.9. The fourth-order valence-corrected chi connectivity index (χ4v) is 6.66. The van der Waals surface area contributed by atoms with Crippen molar-refractivity contribution in [3.05, 3.63) is 85.1 Å². The highest BCUT2D eigenvalue weighted by Crippen LogP contribution is 2.13. The summed E-state index contributed by atoms with van der Waals surface area (Å²) in [5.41, 5.74) is 0. The molecule has 344 valence electrons. The van der Waals surface area contributed by atoms with Crippen LogP contribution < -0.4 is 0 Å². The average molecular weight is 835 g/mol. The summed E-state index contributed by atoms with van der Waals surface area (Å²) in [4.78, 5) is 25.3. The fraction of sp³-hybridized carbons (Fsp3) is 0.709. The van der Waals surface area contributed by atoms with E-state index in [9.17, 15) is 9.59 Å². The molecule has 0 radical (unpaired) electrons. The van der Waals surface area contributed by atoms with Gasteiger partial charge in [0.05, 0.1) is 6.61 Å². The summed E-state index contributed by atoms with van der Waals surface area (Å²) in [6, 6.07) is 0. The Kier molecular flexibility index (Phi) is 48.0. The lowest BCUT2D eigenvalue weighted by atomic mass is 10.1. The van der Waals surface area contributed by atoms with E-state index in [-0.39, 0.29) is 25.2 Å². The molecule has 60 heavy (non-hydrogen) atoms. The van der Waals surface area contributed by atoms with Gasteiger partial charge in [0.25, 0.3) is 0 Å². The minimum atomic E-state index is -0.583. The van der Waals surface area contributed by atoms with Crippen molar-refractivity contribution in [1.82, 2.24) is 0 Å². The molecule has 0 aromatic heterocycles. The van der Waals surface area contributed by atoms with Gasteiger partial charge in [-0.05, 0) is 103 Å². The highest BCUT2D eigenvalue weighted by Gasteiger charge is 2.17. The van der Waals surface area contributed by atoms with Gasteiger partial charge in [-0.25, -0.2) is 0 Å². The Labute approximate surface area is 371 Å². The van der Waals surface area contributed by atoms with Gasteiger partial charge in [-0.1, -0.05) is 196 Å². The lowest BCUT2D eigenvalue weighted by Crippen LogP contribution is -2.30. The zero-order valence-corrected chi connectivity index (χ0v) is 39.5. The van der Waals surface area contributed by atoms with Crippen molar-refractivity contribution in [1.29, 1.82) is 0 Å². The first-order chi connectivity index (χ1) is 29.6. The maximum absolute atomic E-state index is 12.7. The summed E-state index contributed by atoms with van der Waals surface area (Å²) in [7, 11) is 0. The number of hydrogen-bond donors (Lipinski definition) is 0. The van der Waals surface area contributed by atoms with Crippen LogP contribution in [-0.4, -0.2) is 37.9 Å². The van der Waals surface area contributed by atoms with Crippen LogP contribution in [0.25, 0.3) is 0 Å². The van der Waals surface area contributed by atoms with Crippen molar-refractivity contribution in [3.63, 3.8) is 0 Å². The number of esters is 2. The Balaban J connectivity index is 4.36. The van der Waals surface area contributed by atoms with Gasteiger partial charge in [-0.3, -0.25) is 9.59 Å². The molecule has 0 aliphatic rings.